The highest BCUT2D eigenvalue weighted by Crippen LogP contribution is 2.40. The molecule has 1 heterocycles. The summed E-state index contributed by atoms with van der Waals surface area (Å²) in [6.45, 7) is 4.20. The number of aryl methyl sites for hydroxylation is 1. The maximum Gasteiger partial charge on any atom is 0.340 e. The molecule has 2 nitrogen and oxygen atoms in total. The lowest BCUT2D eigenvalue weighted by Crippen LogP contribution is -2.05. The molecule has 0 saturated carbocycles. The Bertz CT molecular complexity index is 834. The van der Waals surface area contributed by atoms with Crippen molar-refractivity contribution in [3.63, 3.8) is 0 Å². The normalized spacial score (nSPS) is 10.9. The summed E-state index contributed by atoms with van der Waals surface area (Å²) in [5.74, 6) is -0.299. The number of fused-ring (bicyclic) bond motifs is 1. The maximum atomic E-state index is 12.4. The molecular weight excluding hydrogens is 316 g/mol. The molecule has 112 valence electrons. The summed E-state index contributed by atoms with van der Waals surface area (Å²) in [7, 11) is 0. The van der Waals surface area contributed by atoms with Crippen molar-refractivity contribution in [2.45, 2.75) is 13.8 Å². The molecule has 22 heavy (non-hydrogen) atoms. The Hall–Kier alpha value is -1.84. The third kappa shape index (κ3) is 2.74. The van der Waals surface area contributed by atoms with Crippen molar-refractivity contribution in [2.75, 3.05) is 6.61 Å². The number of esters is 1. The van der Waals surface area contributed by atoms with Gasteiger partial charge in [0, 0.05) is 15.1 Å². The molecule has 2 aromatic carbocycles. The summed E-state index contributed by atoms with van der Waals surface area (Å²) in [6.07, 6.45) is 0. The quantitative estimate of drug-likeness (QED) is 0.575. The fourth-order valence-corrected chi connectivity index (χ4v) is 3.73. The Balaban J connectivity index is 2.26. The fraction of sp³-hybridized carbons (Fsp3) is 0.167. The predicted molar refractivity (Wildman–Crippen MR) is 93.0 cm³/mol. The van der Waals surface area contributed by atoms with E-state index in [4.69, 9.17) is 16.3 Å². The molecule has 0 atom stereocenters. The largest absolute Gasteiger partial charge is 0.462 e. The highest BCUT2D eigenvalue weighted by Gasteiger charge is 2.21. The Morgan fingerprint density at radius 1 is 1.18 bits per heavy atom. The van der Waals surface area contributed by atoms with Crippen LogP contribution < -0.4 is 0 Å². The van der Waals surface area contributed by atoms with Crippen molar-refractivity contribution in [2.24, 2.45) is 0 Å². The number of ether oxygens (including phenoxy) is 1. The summed E-state index contributed by atoms with van der Waals surface area (Å²) in [5.41, 5.74) is 2.81. The first kappa shape index (κ1) is 15.1. The first-order valence-corrected chi connectivity index (χ1v) is 8.26. The Kier molecular flexibility index (Phi) is 4.19. The number of hydrogen-bond acceptors (Lipinski definition) is 3. The monoisotopic (exact) mass is 330 g/mol. The molecule has 1 aromatic heterocycles. The Morgan fingerprint density at radius 3 is 2.59 bits per heavy atom. The van der Waals surface area contributed by atoms with Crippen molar-refractivity contribution in [3.05, 3.63) is 58.6 Å². The van der Waals surface area contributed by atoms with Gasteiger partial charge in [0.25, 0.3) is 0 Å². The molecule has 0 aliphatic heterocycles. The number of thiophene rings is 1. The van der Waals surface area contributed by atoms with Crippen LogP contribution in [0.25, 0.3) is 20.5 Å². The smallest absolute Gasteiger partial charge is 0.340 e. The lowest BCUT2D eigenvalue weighted by Gasteiger charge is -2.05. The SMILES string of the molecule is CCOC(=O)c1c(-c2ccc(C)cc2)sc2ccc(Cl)cc12. The predicted octanol–water partition coefficient (Wildman–Crippen LogP) is 5.71. The van der Waals surface area contributed by atoms with Crippen molar-refractivity contribution < 1.29 is 9.53 Å². The molecule has 3 aromatic rings. The van der Waals surface area contributed by atoms with Crippen LogP contribution in [0.2, 0.25) is 5.02 Å². The van der Waals surface area contributed by atoms with Gasteiger partial charge in [0.15, 0.2) is 0 Å². The van der Waals surface area contributed by atoms with Gasteiger partial charge in [-0.25, -0.2) is 4.79 Å². The van der Waals surface area contributed by atoms with Crippen LogP contribution in [0.3, 0.4) is 0 Å². The Morgan fingerprint density at radius 2 is 1.91 bits per heavy atom. The molecule has 0 fully saturated rings. The second-order valence-electron chi connectivity index (χ2n) is 5.03. The minimum Gasteiger partial charge on any atom is -0.462 e. The van der Waals surface area contributed by atoms with Crippen LogP contribution in [0.1, 0.15) is 22.8 Å². The summed E-state index contributed by atoms with van der Waals surface area (Å²) in [5, 5.41) is 1.47. The molecule has 4 heteroatoms. The topological polar surface area (TPSA) is 26.3 Å². The van der Waals surface area contributed by atoms with Crippen LogP contribution in [-0.4, -0.2) is 12.6 Å². The van der Waals surface area contributed by atoms with Crippen molar-refractivity contribution in [3.8, 4) is 10.4 Å². The molecular formula is C18H15ClO2S. The minimum atomic E-state index is -0.299. The van der Waals surface area contributed by atoms with Crippen LogP contribution in [-0.2, 0) is 4.74 Å². The van der Waals surface area contributed by atoms with E-state index < -0.39 is 0 Å². The zero-order chi connectivity index (χ0) is 15.7. The molecule has 0 saturated heterocycles. The van der Waals surface area contributed by atoms with Crippen LogP contribution in [0.15, 0.2) is 42.5 Å². The van der Waals surface area contributed by atoms with Gasteiger partial charge in [-0.1, -0.05) is 41.4 Å². The molecule has 3 rings (SSSR count). The number of carbonyl (C=O) groups is 1. The van der Waals surface area contributed by atoms with E-state index in [-0.39, 0.29) is 5.97 Å². The molecule has 0 unspecified atom stereocenters. The van der Waals surface area contributed by atoms with E-state index in [0.29, 0.717) is 17.2 Å². The van der Waals surface area contributed by atoms with Crippen LogP contribution >= 0.6 is 22.9 Å². The van der Waals surface area contributed by atoms with Gasteiger partial charge in [-0.15, -0.1) is 11.3 Å². The second kappa shape index (κ2) is 6.11. The molecule has 0 bridgehead atoms. The summed E-state index contributed by atoms with van der Waals surface area (Å²) in [4.78, 5) is 13.4. The molecule has 0 amide bonds. The van der Waals surface area contributed by atoms with E-state index >= 15 is 0 Å². The van der Waals surface area contributed by atoms with E-state index in [9.17, 15) is 4.79 Å². The number of benzene rings is 2. The number of rotatable bonds is 3. The standard InChI is InChI=1S/C18H15ClO2S/c1-3-21-18(20)16-14-10-13(19)8-9-15(14)22-17(16)12-6-4-11(2)5-7-12/h4-10H,3H2,1-2H3. The third-order valence-corrected chi connectivity index (χ3v) is 4.90. The minimum absolute atomic E-state index is 0.299. The lowest BCUT2D eigenvalue weighted by atomic mass is 10.0. The maximum absolute atomic E-state index is 12.4. The first-order chi connectivity index (χ1) is 10.6. The fourth-order valence-electron chi connectivity index (χ4n) is 2.38. The first-order valence-electron chi connectivity index (χ1n) is 7.06. The van der Waals surface area contributed by atoms with Gasteiger partial charge in [-0.05, 0) is 37.6 Å². The second-order valence-corrected chi connectivity index (χ2v) is 6.52. The van der Waals surface area contributed by atoms with Gasteiger partial charge in [-0.2, -0.15) is 0 Å². The van der Waals surface area contributed by atoms with Crippen molar-refractivity contribution in [1.82, 2.24) is 0 Å². The van der Waals surface area contributed by atoms with E-state index in [2.05, 4.69) is 0 Å². The number of halogens is 1. The highest BCUT2D eigenvalue weighted by molar-refractivity contribution is 7.22. The zero-order valence-electron chi connectivity index (χ0n) is 12.4. The molecule has 0 radical (unpaired) electrons. The van der Waals surface area contributed by atoms with Crippen molar-refractivity contribution in [1.29, 1.82) is 0 Å². The van der Waals surface area contributed by atoms with Gasteiger partial charge in [0.2, 0.25) is 0 Å². The van der Waals surface area contributed by atoms with Crippen molar-refractivity contribution >= 4 is 39.0 Å². The zero-order valence-corrected chi connectivity index (χ0v) is 13.9. The molecule has 0 aliphatic carbocycles. The lowest BCUT2D eigenvalue weighted by molar-refractivity contribution is 0.0530. The van der Waals surface area contributed by atoms with Gasteiger partial charge >= 0.3 is 5.97 Å². The number of carbonyl (C=O) groups excluding carboxylic acids is 1. The van der Waals surface area contributed by atoms with Gasteiger partial charge in [-0.3, -0.25) is 0 Å². The van der Waals surface area contributed by atoms with E-state index in [0.717, 1.165) is 20.5 Å². The van der Waals surface area contributed by atoms with Gasteiger partial charge < -0.3 is 4.74 Å². The summed E-state index contributed by atoms with van der Waals surface area (Å²) in [6, 6.07) is 13.8. The van der Waals surface area contributed by atoms with Gasteiger partial charge in [0.05, 0.1) is 17.0 Å². The van der Waals surface area contributed by atoms with Crippen LogP contribution in [0.5, 0.6) is 0 Å². The average Bonchev–Trinajstić information content (AvgIpc) is 2.86. The summed E-state index contributed by atoms with van der Waals surface area (Å²) < 4.78 is 6.28. The molecule has 0 N–H and O–H groups in total. The average molecular weight is 331 g/mol. The van der Waals surface area contributed by atoms with E-state index in [1.165, 1.54) is 5.56 Å². The van der Waals surface area contributed by atoms with E-state index in [1.54, 1.807) is 11.3 Å². The third-order valence-electron chi connectivity index (χ3n) is 3.44. The highest BCUT2D eigenvalue weighted by atomic mass is 35.5. The van der Waals surface area contributed by atoms with Gasteiger partial charge in [0.1, 0.15) is 0 Å². The molecule has 0 spiro atoms. The van der Waals surface area contributed by atoms with Crippen LogP contribution in [0, 0.1) is 6.92 Å². The number of hydrogen-bond donors (Lipinski definition) is 0. The summed E-state index contributed by atoms with van der Waals surface area (Å²) >= 11 is 7.69. The Labute approximate surface area is 138 Å². The van der Waals surface area contributed by atoms with Crippen LogP contribution in [0.4, 0.5) is 0 Å². The molecule has 0 aliphatic rings. The van der Waals surface area contributed by atoms with E-state index in [1.807, 2.05) is 56.3 Å².